The summed E-state index contributed by atoms with van der Waals surface area (Å²) in [5.41, 5.74) is 2.93. The summed E-state index contributed by atoms with van der Waals surface area (Å²) in [6.45, 7) is 5.89. The Morgan fingerprint density at radius 3 is 2.58 bits per heavy atom. The van der Waals surface area contributed by atoms with Gasteiger partial charge in [0.25, 0.3) is 5.91 Å². The van der Waals surface area contributed by atoms with Gasteiger partial charge in [-0.3, -0.25) is 9.59 Å². The third kappa shape index (κ3) is 3.88. The number of anilines is 1. The molecule has 2 heterocycles. The van der Waals surface area contributed by atoms with Gasteiger partial charge in [-0.15, -0.1) is 0 Å². The number of aryl methyl sites for hydroxylation is 1. The van der Waals surface area contributed by atoms with Crippen molar-refractivity contribution in [2.45, 2.75) is 26.8 Å². The van der Waals surface area contributed by atoms with Crippen molar-refractivity contribution in [3.8, 4) is 0 Å². The van der Waals surface area contributed by atoms with E-state index in [0.717, 1.165) is 16.6 Å². The molecule has 0 saturated carbocycles. The van der Waals surface area contributed by atoms with Gasteiger partial charge in [0.2, 0.25) is 5.91 Å². The highest BCUT2D eigenvalue weighted by atomic mass is 16.2. The van der Waals surface area contributed by atoms with Gasteiger partial charge in [-0.25, -0.2) is 9.67 Å². The van der Waals surface area contributed by atoms with Gasteiger partial charge in [-0.1, -0.05) is 17.7 Å². The molecule has 26 heavy (non-hydrogen) atoms. The van der Waals surface area contributed by atoms with Crippen molar-refractivity contribution in [2.24, 2.45) is 0 Å². The van der Waals surface area contributed by atoms with Gasteiger partial charge in [0, 0.05) is 17.0 Å². The zero-order valence-electron chi connectivity index (χ0n) is 15.0. The number of nitrogens with one attached hydrogen (secondary N) is 2. The lowest BCUT2D eigenvalue weighted by Crippen LogP contribution is -2.32. The van der Waals surface area contributed by atoms with Crippen molar-refractivity contribution in [2.75, 3.05) is 11.9 Å². The van der Waals surface area contributed by atoms with Crippen LogP contribution in [0.3, 0.4) is 0 Å². The maximum absolute atomic E-state index is 12.1. The number of pyridine rings is 1. The highest BCUT2D eigenvalue weighted by molar-refractivity contribution is 5.99. The molecule has 0 radical (unpaired) electrons. The molecule has 1 aromatic carbocycles. The van der Waals surface area contributed by atoms with Gasteiger partial charge in [0.05, 0.1) is 24.6 Å². The number of amides is 2. The highest BCUT2D eigenvalue weighted by Gasteiger charge is 2.11. The molecule has 0 aliphatic rings. The molecule has 0 saturated heterocycles. The predicted molar refractivity (Wildman–Crippen MR) is 100 cm³/mol. The molecule has 0 fully saturated rings. The summed E-state index contributed by atoms with van der Waals surface area (Å²) in [4.78, 5) is 28.5. The Kier molecular flexibility index (Phi) is 4.97. The van der Waals surface area contributed by atoms with Gasteiger partial charge in [-0.2, -0.15) is 5.10 Å². The van der Waals surface area contributed by atoms with E-state index in [0.29, 0.717) is 11.3 Å². The van der Waals surface area contributed by atoms with E-state index >= 15 is 0 Å². The fourth-order valence-electron chi connectivity index (χ4n) is 2.56. The minimum atomic E-state index is -0.317. The second-order valence-corrected chi connectivity index (χ2v) is 6.42. The van der Waals surface area contributed by atoms with E-state index in [-0.39, 0.29) is 24.4 Å². The molecule has 2 aromatic heterocycles. The van der Waals surface area contributed by atoms with Gasteiger partial charge in [0.1, 0.15) is 0 Å². The Bertz CT molecular complexity index is 944. The van der Waals surface area contributed by atoms with Crippen molar-refractivity contribution in [1.82, 2.24) is 20.1 Å². The molecule has 3 rings (SSSR count). The Balaban J connectivity index is 1.60. The summed E-state index contributed by atoms with van der Waals surface area (Å²) in [6, 6.07) is 9.19. The lowest BCUT2D eigenvalue weighted by molar-refractivity contribution is -0.115. The largest absolute Gasteiger partial charge is 0.343 e. The molecule has 0 aliphatic heterocycles. The van der Waals surface area contributed by atoms with E-state index in [2.05, 4.69) is 20.7 Å². The van der Waals surface area contributed by atoms with Crippen LogP contribution in [0.25, 0.3) is 11.0 Å². The number of carbonyl (C=O) groups excluding carboxylic acids is 2. The second-order valence-electron chi connectivity index (χ2n) is 6.42. The zero-order chi connectivity index (χ0) is 18.7. The van der Waals surface area contributed by atoms with Gasteiger partial charge in [-0.05, 0) is 39.0 Å². The quantitative estimate of drug-likeness (QED) is 0.740. The van der Waals surface area contributed by atoms with E-state index in [1.165, 1.54) is 0 Å². The normalized spacial score (nSPS) is 10.9. The molecule has 7 heteroatoms. The van der Waals surface area contributed by atoms with Crippen LogP contribution in [-0.2, 0) is 4.79 Å². The topological polar surface area (TPSA) is 88.9 Å². The van der Waals surface area contributed by atoms with Crippen LogP contribution < -0.4 is 10.6 Å². The number of carbonyl (C=O) groups is 2. The van der Waals surface area contributed by atoms with Crippen molar-refractivity contribution in [3.05, 3.63) is 53.9 Å². The molecule has 134 valence electrons. The lowest BCUT2D eigenvalue weighted by Gasteiger charge is -2.08. The SMILES string of the molecule is Cc1ccc(C(=O)NCC(=O)Nc2cnc3c(cnn3C(C)C)c2)cc1. The maximum Gasteiger partial charge on any atom is 0.251 e. The third-order valence-corrected chi connectivity index (χ3v) is 3.93. The molecule has 0 spiro atoms. The average Bonchev–Trinajstić information content (AvgIpc) is 3.03. The van der Waals surface area contributed by atoms with E-state index in [1.807, 2.05) is 43.7 Å². The number of aromatic nitrogens is 3. The maximum atomic E-state index is 12.1. The van der Waals surface area contributed by atoms with Gasteiger partial charge < -0.3 is 10.6 Å². The number of hydrogen-bond acceptors (Lipinski definition) is 4. The fourth-order valence-corrected chi connectivity index (χ4v) is 2.56. The van der Waals surface area contributed by atoms with Crippen molar-refractivity contribution < 1.29 is 9.59 Å². The summed E-state index contributed by atoms with van der Waals surface area (Å²) in [6.07, 6.45) is 3.31. The first-order valence-electron chi connectivity index (χ1n) is 8.42. The summed E-state index contributed by atoms with van der Waals surface area (Å²) in [5, 5.41) is 10.5. The zero-order valence-corrected chi connectivity index (χ0v) is 15.0. The summed E-state index contributed by atoms with van der Waals surface area (Å²) in [7, 11) is 0. The lowest BCUT2D eigenvalue weighted by atomic mass is 10.1. The minimum absolute atomic E-state index is 0.115. The van der Waals surface area contributed by atoms with E-state index in [4.69, 9.17) is 0 Å². The number of benzene rings is 1. The summed E-state index contributed by atoms with van der Waals surface area (Å²) < 4.78 is 1.82. The van der Waals surface area contributed by atoms with E-state index in [9.17, 15) is 9.59 Å². The molecule has 3 aromatic rings. The molecule has 0 aliphatic carbocycles. The number of hydrogen-bond donors (Lipinski definition) is 2. The molecular formula is C19H21N5O2. The Morgan fingerprint density at radius 1 is 1.15 bits per heavy atom. The van der Waals surface area contributed by atoms with E-state index < -0.39 is 0 Å². The minimum Gasteiger partial charge on any atom is -0.343 e. The monoisotopic (exact) mass is 351 g/mol. The predicted octanol–water partition coefficient (Wildman–Crippen LogP) is 2.69. The smallest absolute Gasteiger partial charge is 0.251 e. The van der Waals surface area contributed by atoms with Gasteiger partial charge in [0.15, 0.2) is 5.65 Å². The van der Waals surface area contributed by atoms with Crippen LogP contribution in [0, 0.1) is 6.92 Å². The van der Waals surface area contributed by atoms with Crippen LogP contribution in [-0.4, -0.2) is 33.1 Å². The molecule has 0 atom stereocenters. The fraction of sp³-hybridized carbons (Fsp3) is 0.263. The first-order valence-corrected chi connectivity index (χ1v) is 8.42. The van der Waals surface area contributed by atoms with Crippen LogP contribution in [0.15, 0.2) is 42.7 Å². The Morgan fingerprint density at radius 2 is 1.88 bits per heavy atom. The highest BCUT2D eigenvalue weighted by Crippen LogP contribution is 2.18. The van der Waals surface area contributed by atoms with Crippen LogP contribution in [0.2, 0.25) is 0 Å². The number of fused-ring (bicyclic) bond motifs is 1. The van der Waals surface area contributed by atoms with Gasteiger partial charge >= 0.3 is 0 Å². The number of rotatable bonds is 5. The van der Waals surface area contributed by atoms with Crippen LogP contribution >= 0.6 is 0 Å². The Hall–Kier alpha value is -3.22. The van der Waals surface area contributed by atoms with Crippen molar-refractivity contribution >= 4 is 28.5 Å². The molecule has 7 nitrogen and oxygen atoms in total. The molecular weight excluding hydrogens is 330 g/mol. The van der Waals surface area contributed by atoms with Crippen LogP contribution in [0.1, 0.15) is 35.8 Å². The van der Waals surface area contributed by atoms with Crippen molar-refractivity contribution in [1.29, 1.82) is 0 Å². The third-order valence-electron chi connectivity index (χ3n) is 3.93. The summed E-state index contributed by atoms with van der Waals surface area (Å²) in [5.74, 6) is -0.602. The molecule has 2 amide bonds. The van der Waals surface area contributed by atoms with Crippen LogP contribution in [0.4, 0.5) is 5.69 Å². The Labute approximate surface area is 151 Å². The molecule has 2 N–H and O–H groups in total. The standard InChI is InChI=1S/C19H21N5O2/c1-12(2)24-18-15(9-22-24)8-16(10-20-18)23-17(25)11-21-19(26)14-6-4-13(3)5-7-14/h4-10,12H,11H2,1-3H3,(H,21,26)(H,23,25). The first-order chi connectivity index (χ1) is 12.4. The van der Waals surface area contributed by atoms with Crippen LogP contribution in [0.5, 0.6) is 0 Å². The summed E-state index contributed by atoms with van der Waals surface area (Å²) >= 11 is 0. The molecule has 0 unspecified atom stereocenters. The number of nitrogens with zero attached hydrogens (tertiary/aromatic N) is 3. The van der Waals surface area contributed by atoms with Crippen molar-refractivity contribution in [3.63, 3.8) is 0 Å². The average molecular weight is 351 g/mol. The first kappa shape index (κ1) is 17.6. The molecule has 0 bridgehead atoms. The van der Waals surface area contributed by atoms with E-state index in [1.54, 1.807) is 24.5 Å². The second kappa shape index (κ2) is 7.35.